The van der Waals surface area contributed by atoms with Crippen LogP contribution in [0, 0.1) is 6.92 Å². The van der Waals surface area contributed by atoms with Crippen molar-refractivity contribution in [1.82, 2.24) is 14.6 Å². The SMILES string of the molecule is Cc1ccn2c(Cc3ccc(O)cc3)nnc2c1. The van der Waals surface area contributed by atoms with Crippen molar-refractivity contribution < 1.29 is 5.11 Å². The molecule has 0 fully saturated rings. The fraction of sp³-hybridized carbons (Fsp3) is 0.143. The van der Waals surface area contributed by atoms with Crippen molar-refractivity contribution in [2.45, 2.75) is 13.3 Å². The van der Waals surface area contributed by atoms with Crippen molar-refractivity contribution >= 4 is 5.65 Å². The van der Waals surface area contributed by atoms with Crippen molar-refractivity contribution in [1.29, 1.82) is 0 Å². The Bertz CT molecular complexity index is 686. The van der Waals surface area contributed by atoms with Gasteiger partial charge in [-0.05, 0) is 42.3 Å². The third kappa shape index (κ3) is 1.93. The van der Waals surface area contributed by atoms with Crippen LogP contribution >= 0.6 is 0 Å². The third-order valence-corrected chi connectivity index (χ3v) is 2.93. The van der Waals surface area contributed by atoms with E-state index in [1.54, 1.807) is 12.1 Å². The van der Waals surface area contributed by atoms with Crippen LogP contribution in [0.4, 0.5) is 0 Å². The lowest BCUT2D eigenvalue weighted by atomic mass is 10.1. The second-order valence-electron chi connectivity index (χ2n) is 4.39. The molecular formula is C14H13N3O. The van der Waals surface area contributed by atoms with Crippen LogP contribution in [0.15, 0.2) is 42.6 Å². The van der Waals surface area contributed by atoms with Crippen LogP contribution in [-0.4, -0.2) is 19.7 Å². The minimum Gasteiger partial charge on any atom is -0.508 e. The molecule has 0 aliphatic rings. The van der Waals surface area contributed by atoms with Gasteiger partial charge in [0.25, 0.3) is 0 Å². The normalized spacial score (nSPS) is 10.9. The van der Waals surface area contributed by atoms with Gasteiger partial charge in [0.1, 0.15) is 11.6 Å². The second-order valence-corrected chi connectivity index (χ2v) is 4.39. The number of phenols is 1. The monoisotopic (exact) mass is 239 g/mol. The van der Waals surface area contributed by atoms with Gasteiger partial charge in [-0.3, -0.25) is 4.40 Å². The molecule has 18 heavy (non-hydrogen) atoms. The summed E-state index contributed by atoms with van der Waals surface area (Å²) in [5.74, 6) is 1.18. The van der Waals surface area contributed by atoms with Crippen LogP contribution in [0.1, 0.15) is 17.0 Å². The number of nitrogens with zero attached hydrogens (tertiary/aromatic N) is 3. The fourth-order valence-electron chi connectivity index (χ4n) is 1.96. The van der Waals surface area contributed by atoms with Crippen molar-refractivity contribution in [3.63, 3.8) is 0 Å². The van der Waals surface area contributed by atoms with Crippen molar-refractivity contribution in [2.75, 3.05) is 0 Å². The maximum absolute atomic E-state index is 9.25. The maximum atomic E-state index is 9.25. The van der Waals surface area contributed by atoms with E-state index in [4.69, 9.17) is 0 Å². The van der Waals surface area contributed by atoms with Crippen LogP contribution in [0.25, 0.3) is 5.65 Å². The summed E-state index contributed by atoms with van der Waals surface area (Å²) in [6, 6.07) is 11.2. The Kier molecular flexibility index (Phi) is 2.48. The number of hydrogen-bond donors (Lipinski definition) is 1. The molecule has 3 rings (SSSR count). The summed E-state index contributed by atoms with van der Waals surface area (Å²) in [5.41, 5.74) is 3.14. The Morgan fingerprint density at radius 1 is 1.11 bits per heavy atom. The zero-order valence-corrected chi connectivity index (χ0v) is 10.0. The van der Waals surface area contributed by atoms with Crippen LogP contribution in [-0.2, 0) is 6.42 Å². The lowest BCUT2D eigenvalue weighted by Gasteiger charge is -2.01. The largest absolute Gasteiger partial charge is 0.508 e. The topological polar surface area (TPSA) is 50.4 Å². The summed E-state index contributed by atoms with van der Waals surface area (Å²) in [6.07, 6.45) is 2.69. The summed E-state index contributed by atoms with van der Waals surface area (Å²) in [4.78, 5) is 0. The number of pyridine rings is 1. The lowest BCUT2D eigenvalue weighted by Crippen LogP contribution is -1.96. The molecule has 4 nitrogen and oxygen atoms in total. The number of aryl methyl sites for hydroxylation is 1. The van der Waals surface area contributed by atoms with Gasteiger partial charge < -0.3 is 5.11 Å². The first-order chi connectivity index (χ1) is 8.72. The smallest absolute Gasteiger partial charge is 0.161 e. The number of hydrogen-bond acceptors (Lipinski definition) is 3. The second kappa shape index (κ2) is 4.14. The molecule has 0 saturated heterocycles. The molecule has 0 radical (unpaired) electrons. The molecule has 0 amide bonds. The number of aromatic hydroxyl groups is 1. The molecule has 3 aromatic rings. The highest BCUT2D eigenvalue weighted by molar-refractivity contribution is 5.41. The zero-order chi connectivity index (χ0) is 12.5. The Labute approximate surface area is 105 Å². The van der Waals surface area contributed by atoms with Crippen LogP contribution in [0.5, 0.6) is 5.75 Å². The highest BCUT2D eigenvalue weighted by Gasteiger charge is 2.06. The van der Waals surface area contributed by atoms with Crippen molar-refractivity contribution in [3.8, 4) is 5.75 Å². The Hall–Kier alpha value is -2.36. The summed E-state index contributed by atoms with van der Waals surface area (Å²) < 4.78 is 1.99. The molecule has 1 aromatic carbocycles. The van der Waals surface area contributed by atoms with E-state index < -0.39 is 0 Å². The third-order valence-electron chi connectivity index (χ3n) is 2.93. The molecule has 90 valence electrons. The Balaban J connectivity index is 1.97. The molecule has 0 saturated carbocycles. The van der Waals surface area contributed by atoms with Gasteiger partial charge in [-0.25, -0.2) is 0 Å². The highest BCUT2D eigenvalue weighted by Crippen LogP contribution is 2.14. The summed E-state index contributed by atoms with van der Waals surface area (Å²) in [6.45, 7) is 2.04. The highest BCUT2D eigenvalue weighted by atomic mass is 16.3. The molecule has 1 N–H and O–H groups in total. The van der Waals surface area contributed by atoms with Gasteiger partial charge in [0.2, 0.25) is 0 Å². The number of benzene rings is 1. The van der Waals surface area contributed by atoms with Crippen molar-refractivity contribution in [3.05, 3.63) is 59.5 Å². The van der Waals surface area contributed by atoms with Gasteiger partial charge >= 0.3 is 0 Å². The predicted octanol–water partition coefficient (Wildman–Crippen LogP) is 2.33. The summed E-state index contributed by atoms with van der Waals surface area (Å²) >= 11 is 0. The Morgan fingerprint density at radius 2 is 1.89 bits per heavy atom. The minimum atomic E-state index is 0.278. The van der Waals surface area contributed by atoms with Gasteiger partial charge in [0.15, 0.2) is 5.65 Å². The summed E-state index contributed by atoms with van der Waals surface area (Å²) in [5, 5.41) is 17.6. The first-order valence-corrected chi connectivity index (χ1v) is 5.80. The number of fused-ring (bicyclic) bond motifs is 1. The van der Waals surface area contributed by atoms with Gasteiger partial charge in [-0.15, -0.1) is 10.2 Å². The van der Waals surface area contributed by atoms with Crippen LogP contribution < -0.4 is 0 Å². The summed E-state index contributed by atoms with van der Waals surface area (Å²) in [7, 11) is 0. The lowest BCUT2D eigenvalue weighted by molar-refractivity contribution is 0.475. The molecule has 0 unspecified atom stereocenters. The number of rotatable bonds is 2. The molecule has 0 aliphatic carbocycles. The minimum absolute atomic E-state index is 0.278. The van der Waals surface area contributed by atoms with E-state index in [-0.39, 0.29) is 5.75 Å². The molecular weight excluding hydrogens is 226 g/mol. The molecule has 0 atom stereocenters. The van der Waals surface area contributed by atoms with E-state index in [0.717, 1.165) is 17.0 Å². The van der Waals surface area contributed by atoms with Crippen LogP contribution in [0.2, 0.25) is 0 Å². The predicted molar refractivity (Wildman–Crippen MR) is 68.6 cm³/mol. The van der Waals surface area contributed by atoms with Gasteiger partial charge in [-0.2, -0.15) is 0 Å². The van der Waals surface area contributed by atoms with E-state index >= 15 is 0 Å². The molecule has 4 heteroatoms. The Morgan fingerprint density at radius 3 is 2.67 bits per heavy atom. The first-order valence-electron chi connectivity index (χ1n) is 5.80. The molecule has 0 bridgehead atoms. The van der Waals surface area contributed by atoms with E-state index in [2.05, 4.69) is 10.2 Å². The van der Waals surface area contributed by atoms with Gasteiger partial charge in [-0.1, -0.05) is 12.1 Å². The molecule has 2 heterocycles. The molecule has 0 spiro atoms. The average molecular weight is 239 g/mol. The average Bonchev–Trinajstić information content (AvgIpc) is 2.74. The fourth-order valence-corrected chi connectivity index (χ4v) is 1.96. The number of phenolic OH excluding ortho intramolecular Hbond substituents is 1. The standard InChI is InChI=1S/C14H13N3O/c1-10-6-7-17-13(8-10)15-16-14(17)9-11-2-4-12(18)5-3-11/h2-8,18H,9H2,1H3. The van der Waals surface area contributed by atoms with Gasteiger partial charge in [0.05, 0.1) is 0 Å². The maximum Gasteiger partial charge on any atom is 0.161 e. The quantitative estimate of drug-likeness (QED) is 0.746. The zero-order valence-electron chi connectivity index (χ0n) is 10.0. The van der Waals surface area contributed by atoms with E-state index in [0.29, 0.717) is 6.42 Å². The van der Waals surface area contributed by atoms with E-state index in [1.165, 1.54) is 5.56 Å². The van der Waals surface area contributed by atoms with E-state index in [9.17, 15) is 5.11 Å². The van der Waals surface area contributed by atoms with Crippen molar-refractivity contribution in [2.24, 2.45) is 0 Å². The molecule has 0 aliphatic heterocycles. The van der Waals surface area contributed by atoms with E-state index in [1.807, 2.05) is 41.8 Å². The van der Waals surface area contributed by atoms with Crippen LogP contribution in [0.3, 0.4) is 0 Å². The first kappa shape index (κ1) is 10.8. The number of aromatic nitrogens is 3. The molecule has 2 aromatic heterocycles. The van der Waals surface area contributed by atoms with Gasteiger partial charge in [0, 0.05) is 12.6 Å².